The van der Waals surface area contributed by atoms with E-state index in [1.165, 1.54) is 19.3 Å². The second-order valence-corrected chi connectivity index (χ2v) is 7.07. The van der Waals surface area contributed by atoms with E-state index in [9.17, 15) is 0 Å². The van der Waals surface area contributed by atoms with Gasteiger partial charge in [0.05, 0.1) is 11.7 Å². The summed E-state index contributed by atoms with van der Waals surface area (Å²) >= 11 is 0. The second-order valence-electron chi connectivity index (χ2n) is 7.07. The average Bonchev–Trinajstić information content (AvgIpc) is 2.45. The molecule has 0 unspecified atom stereocenters. The highest BCUT2D eigenvalue weighted by molar-refractivity contribution is 5.23. The van der Waals surface area contributed by atoms with Crippen LogP contribution in [-0.2, 0) is 4.74 Å². The van der Waals surface area contributed by atoms with Crippen LogP contribution in [0.15, 0.2) is 11.6 Å². The highest BCUT2D eigenvalue weighted by atomic mass is 16.5. The van der Waals surface area contributed by atoms with Crippen molar-refractivity contribution in [3.05, 3.63) is 11.6 Å². The topological polar surface area (TPSA) is 9.23 Å². The molecule has 16 heavy (non-hydrogen) atoms. The van der Waals surface area contributed by atoms with Gasteiger partial charge in [-0.05, 0) is 49.9 Å². The van der Waals surface area contributed by atoms with Gasteiger partial charge in [0.25, 0.3) is 0 Å². The Balaban J connectivity index is 2.04. The van der Waals surface area contributed by atoms with Gasteiger partial charge in [-0.15, -0.1) is 0 Å². The first-order valence-electron chi connectivity index (χ1n) is 6.79. The van der Waals surface area contributed by atoms with E-state index in [1.807, 2.05) is 0 Å². The molecule has 1 spiro atoms. The Morgan fingerprint density at radius 1 is 1.38 bits per heavy atom. The van der Waals surface area contributed by atoms with Crippen LogP contribution in [0, 0.1) is 17.3 Å². The largest absolute Gasteiger partial charge is 0.366 e. The molecule has 4 atom stereocenters. The van der Waals surface area contributed by atoms with Crippen molar-refractivity contribution < 1.29 is 4.74 Å². The Hall–Kier alpha value is -0.300. The zero-order valence-corrected chi connectivity index (χ0v) is 11.0. The molecular formula is C15H24O. The van der Waals surface area contributed by atoms with Gasteiger partial charge < -0.3 is 4.74 Å². The second kappa shape index (κ2) is 3.13. The molecule has 2 aliphatic heterocycles. The summed E-state index contributed by atoms with van der Waals surface area (Å²) in [6, 6.07) is 0. The summed E-state index contributed by atoms with van der Waals surface area (Å²) in [7, 11) is 0. The summed E-state index contributed by atoms with van der Waals surface area (Å²) in [5, 5.41) is 0. The van der Waals surface area contributed by atoms with Crippen molar-refractivity contribution in [3.63, 3.8) is 0 Å². The zero-order chi connectivity index (χ0) is 11.6. The molecule has 2 fully saturated rings. The lowest BCUT2D eigenvalue weighted by Gasteiger charge is -2.53. The summed E-state index contributed by atoms with van der Waals surface area (Å²) in [6.07, 6.45) is 8.02. The van der Waals surface area contributed by atoms with Gasteiger partial charge in [-0.2, -0.15) is 0 Å². The van der Waals surface area contributed by atoms with Crippen molar-refractivity contribution >= 4 is 0 Å². The van der Waals surface area contributed by atoms with E-state index in [1.54, 1.807) is 5.57 Å². The summed E-state index contributed by atoms with van der Waals surface area (Å²) in [6.45, 7) is 9.49. The van der Waals surface area contributed by atoms with Crippen molar-refractivity contribution in [2.24, 2.45) is 17.3 Å². The van der Waals surface area contributed by atoms with E-state index in [-0.39, 0.29) is 5.60 Å². The highest BCUT2D eigenvalue weighted by Crippen LogP contribution is 2.57. The molecule has 0 N–H and O–H groups in total. The maximum atomic E-state index is 6.51. The van der Waals surface area contributed by atoms with Gasteiger partial charge in [-0.25, -0.2) is 0 Å². The standard InChI is InChI=1S/C15H24O/c1-10-7-13-14(3,4)9-12-11(2)5-6-15(12,8-10)16-13/h8,11-13H,5-7,9H2,1-4H3/t11-,12+,13-,15+/m1/s1. The maximum absolute atomic E-state index is 6.51. The molecule has 0 aromatic carbocycles. The van der Waals surface area contributed by atoms with Crippen LogP contribution < -0.4 is 0 Å². The predicted molar refractivity (Wildman–Crippen MR) is 66.3 cm³/mol. The quantitative estimate of drug-likeness (QED) is 0.562. The van der Waals surface area contributed by atoms with E-state index in [2.05, 4.69) is 33.8 Å². The normalized spacial score (nSPS) is 49.8. The van der Waals surface area contributed by atoms with E-state index < -0.39 is 0 Å². The molecular weight excluding hydrogens is 196 g/mol. The van der Waals surface area contributed by atoms with Crippen molar-refractivity contribution in [1.82, 2.24) is 0 Å². The molecule has 1 aliphatic carbocycles. The predicted octanol–water partition coefficient (Wildman–Crippen LogP) is 3.94. The molecule has 90 valence electrons. The first kappa shape index (κ1) is 10.8. The van der Waals surface area contributed by atoms with Gasteiger partial charge in [0.15, 0.2) is 0 Å². The molecule has 3 aliphatic rings. The maximum Gasteiger partial charge on any atom is 0.0900 e. The molecule has 2 bridgehead atoms. The fraction of sp³-hybridized carbons (Fsp3) is 0.867. The molecule has 1 nitrogen and oxygen atoms in total. The molecule has 0 aromatic heterocycles. The van der Waals surface area contributed by atoms with Crippen LogP contribution in [0.2, 0.25) is 0 Å². The van der Waals surface area contributed by atoms with Crippen LogP contribution in [0.3, 0.4) is 0 Å². The fourth-order valence-electron chi connectivity index (χ4n) is 4.26. The summed E-state index contributed by atoms with van der Waals surface area (Å²) < 4.78 is 6.51. The summed E-state index contributed by atoms with van der Waals surface area (Å²) in [4.78, 5) is 0. The van der Waals surface area contributed by atoms with Gasteiger partial charge in [-0.3, -0.25) is 0 Å². The lowest BCUT2D eigenvalue weighted by atomic mass is 9.65. The molecule has 1 saturated carbocycles. The highest BCUT2D eigenvalue weighted by Gasteiger charge is 2.56. The van der Waals surface area contributed by atoms with Crippen molar-refractivity contribution in [2.75, 3.05) is 0 Å². The minimum absolute atomic E-state index is 0.127. The molecule has 0 radical (unpaired) electrons. The minimum Gasteiger partial charge on any atom is -0.366 e. The third-order valence-corrected chi connectivity index (χ3v) is 5.28. The Labute approximate surface area is 99.3 Å². The number of hydrogen-bond donors (Lipinski definition) is 0. The van der Waals surface area contributed by atoms with Crippen molar-refractivity contribution in [3.8, 4) is 0 Å². The smallest absolute Gasteiger partial charge is 0.0900 e. The van der Waals surface area contributed by atoms with E-state index in [0.29, 0.717) is 11.5 Å². The van der Waals surface area contributed by atoms with E-state index in [4.69, 9.17) is 4.74 Å². The van der Waals surface area contributed by atoms with Crippen LogP contribution in [0.5, 0.6) is 0 Å². The fourth-order valence-corrected chi connectivity index (χ4v) is 4.26. The SMILES string of the molecule is CC1=C[C@@]23CC[C@@H](C)[C@@H]2CC(C)(C)[C@@H](C1)O3. The molecule has 0 aromatic rings. The van der Waals surface area contributed by atoms with Gasteiger partial charge in [0, 0.05) is 0 Å². The lowest BCUT2D eigenvalue weighted by Crippen LogP contribution is -2.54. The Bertz CT molecular complexity index is 341. The van der Waals surface area contributed by atoms with Crippen LogP contribution in [0.25, 0.3) is 0 Å². The number of fused-ring (bicyclic) bond motifs is 1. The van der Waals surface area contributed by atoms with Gasteiger partial charge in [-0.1, -0.05) is 32.4 Å². The minimum atomic E-state index is 0.127. The summed E-state index contributed by atoms with van der Waals surface area (Å²) in [5.74, 6) is 1.59. The van der Waals surface area contributed by atoms with Gasteiger partial charge >= 0.3 is 0 Å². The van der Waals surface area contributed by atoms with Crippen molar-refractivity contribution in [2.45, 2.75) is 65.1 Å². The number of rotatable bonds is 0. The molecule has 0 amide bonds. The third-order valence-electron chi connectivity index (χ3n) is 5.28. The van der Waals surface area contributed by atoms with Gasteiger partial charge in [0.1, 0.15) is 0 Å². The molecule has 3 rings (SSSR count). The zero-order valence-electron chi connectivity index (χ0n) is 11.0. The monoisotopic (exact) mass is 220 g/mol. The summed E-state index contributed by atoms with van der Waals surface area (Å²) in [5.41, 5.74) is 2.05. The Morgan fingerprint density at radius 2 is 2.12 bits per heavy atom. The first-order chi connectivity index (χ1) is 7.43. The molecule has 1 saturated heterocycles. The molecule has 2 heterocycles. The van der Waals surface area contributed by atoms with Crippen LogP contribution in [-0.4, -0.2) is 11.7 Å². The van der Waals surface area contributed by atoms with Crippen molar-refractivity contribution in [1.29, 1.82) is 0 Å². The van der Waals surface area contributed by atoms with Crippen LogP contribution in [0.1, 0.15) is 53.4 Å². The lowest BCUT2D eigenvalue weighted by molar-refractivity contribution is -0.188. The third kappa shape index (κ3) is 1.33. The van der Waals surface area contributed by atoms with Crippen LogP contribution >= 0.6 is 0 Å². The first-order valence-corrected chi connectivity index (χ1v) is 6.79. The number of ether oxygens (including phenoxy) is 1. The van der Waals surface area contributed by atoms with Gasteiger partial charge in [0.2, 0.25) is 0 Å². The van der Waals surface area contributed by atoms with E-state index in [0.717, 1.165) is 18.3 Å². The molecule has 1 heteroatoms. The average molecular weight is 220 g/mol. The van der Waals surface area contributed by atoms with Crippen LogP contribution in [0.4, 0.5) is 0 Å². The Kier molecular flexibility index (Phi) is 2.12. The van der Waals surface area contributed by atoms with E-state index >= 15 is 0 Å². The number of hydrogen-bond acceptors (Lipinski definition) is 1. The Morgan fingerprint density at radius 3 is 2.88 bits per heavy atom.